The Balaban J connectivity index is 1.32. The number of hydrogen-bond donors (Lipinski definition) is 0. The molecule has 2 heterocycles. The monoisotopic (exact) mass is 661 g/mol. The van der Waals surface area contributed by atoms with Crippen molar-refractivity contribution in [3.8, 4) is 61.7 Å². The summed E-state index contributed by atoms with van der Waals surface area (Å²) in [5, 5.41) is 0. The Morgan fingerprint density at radius 3 is 1.60 bits per heavy atom. The van der Waals surface area contributed by atoms with E-state index >= 15 is 4.21 Å². The molecule has 0 fully saturated rings. The summed E-state index contributed by atoms with van der Waals surface area (Å²) >= 11 is 0. The van der Waals surface area contributed by atoms with Crippen molar-refractivity contribution in [2.75, 3.05) is 0 Å². The fourth-order valence-electron chi connectivity index (χ4n) is 6.77. The summed E-state index contributed by atoms with van der Waals surface area (Å²) in [6.45, 7) is 0. The van der Waals surface area contributed by atoms with Crippen LogP contribution in [0.3, 0.4) is 0 Å². The van der Waals surface area contributed by atoms with Crippen molar-refractivity contribution in [1.82, 2.24) is 9.55 Å². The van der Waals surface area contributed by atoms with Gasteiger partial charge in [0.15, 0.2) is 5.82 Å². The zero-order chi connectivity index (χ0) is 33.5. The first kappa shape index (κ1) is 29.8. The Bertz CT molecular complexity index is 2640. The van der Waals surface area contributed by atoms with Gasteiger partial charge in [0.05, 0.1) is 9.79 Å². The molecule has 0 radical (unpaired) electrons. The van der Waals surface area contributed by atoms with Crippen molar-refractivity contribution < 1.29 is 4.21 Å². The van der Waals surface area contributed by atoms with E-state index < -0.39 is 9.73 Å². The molecule has 8 aromatic rings. The third-order valence-corrected chi connectivity index (χ3v) is 11.5. The Hall–Kier alpha value is -6.30. The van der Waals surface area contributed by atoms with Crippen molar-refractivity contribution >= 4 is 15.5 Å². The quantitative estimate of drug-likeness (QED) is 0.178. The van der Waals surface area contributed by atoms with Crippen LogP contribution < -0.4 is 0 Å². The van der Waals surface area contributed by atoms with Crippen LogP contribution in [-0.2, 0) is 9.73 Å². The number of nitrogens with zero attached hydrogens (tertiary/aromatic N) is 3. The first-order chi connectivity index (χ1) is 24.7. The van der Waals surface area contributed by atoms with Crippen LogP contribution in [0.5, 0.6) is 0 Å². The van der Waals surface area contributed by atoms with Crippen LogP contribution in [0, 0.1) is 0 Å². The fourth-order valence-corrected chi connectivity index (χ4v) is 8.92. The van der Waals surface area contributed by atoms with E-state index in [-0.39, 0.29) is 0 Å². The molecule has 7 aromatic carbocycles. The smallest absolute Gasteiger partial charge is 0.176 e. The molecule has 1 aromatic heterocycles. The van der Waals surface area contributed by atoms with E-state index in [1.54, 1.807) is 0 Å². The van der Waals surface area contributed by atoms with Gasteiger partial charge >= 0.3 is 0 Å². The standard InChI is InChI=1S/C45H31N3OS/c49-50(40-26-14-23-37(31-40)34-19-8-3-9-20-34)42-28-11-10-27-41(42)43-45(47-50)48(39-25-13-22-36(30-39)33-17-6-2-7-18-33)44(46-43)38-24-12-21-35(29-38)32-15-4-1-5-16-32/h1-31H. The third-order valence-electron chi connectivity index (χ3n) is 9.21. The van der Waals surface area contributed by atoms with Gasteiger partial charge in [-0.2, -0.15) is 4.36 Å². The lowest BCUT2D eigenvalue weighted by molar-refractivity contribution is 0.676. The van der Waals surface area contributed by atoms with Gasteiger partial charge in [-0.25, -0.2) is 9.19 Å². The minimum atomic E-state index is -3.12. The van der Waals surface area contributed by atoms with E-state index in [2.05, 4.69) is 108 Å². The molecule has 0 saturated heterocycles. The van der Waals surface area contributed by atoms with Crippen molar-refractivity contribution in [2.24, 2.45) is 4.36 Å². The summed E-state index contributed by atoms with van der Waals surface area (Å²) < 4.78 is 23.0. The van der Waals surface area contributed by atoms with E-state index in [4.69, 9.17) is 9.35 Å². The molecule has 0 bridgehead atoms. The molecular formula is C45H31N3OS. The van der Waals surface area contributed by atoms with Gasteiger partial charge in [-0.3, -0.25) is 4.57 Å². The summed E-state index contributed by atoms with van der Waals surface area (Å²) in [5.41, 5.74) is 9.82. The highest BCUT2D eigenvalue weighted by Crippen LogP contribution is 2.47. The predicted octanol–water partition coefficient (Wildman–Crippen LogP) is 11.7. The minimum absolute atomic E-state index is 0.573. The average molecular weight is 662 g/mol. The molecule has 0 N–H and O–H groups in total. The second-order valence-corrected chi connectivity index (χ2v) is 14.5. The van der Waals surface area contributed by atoms with Gasteiger partial charge in [-0.15, -0.1) is 0 Å². The van der Waals surface area contributed by atoms with Gasteiger partial charge in [0.25, 0.3) is 0 Å². The highest BCUT2D eigenvalue weighted by Gasteiger charge is 2.32. The number of fused-ring (bicyclic) bond motifs is 3. The highest BCUT2D eigenvalue weighted by atomic mass is 32.2. The Morgan fingerprint density at radius 1 is 0.440 bits per heavy atom. The van der Waals surface area contributed by atoms with Gasteiger partial charge in [0.2, 0.25) is 0 Å². The predicted molar refractivity (Wildman–Crippen MR) is 204 cm³/mol. The summed E-state index contributed by atoms with van der Waals surface area (Å²) in [6, 6.07) is 63.6. The average Bonchev–Trinajstić information content (AvgIpc) is 3.58. The molecule has 1 aliphatic rings. The summed E-state index contributed by atoms with van der Waals surface area (Å²) in [4.78, 5) is 6.68. The number of benzene rings is 7. The zero-order valence-electron chi connectivity index (χ0n) is 27.1. The Kier molecular flexibility index (Phi) is 7.33. The number of hydrogen-bond acceptors (Lipinski definition) is 3. The molecular weight excluding hydrogens is 631 g/mol. The van der Waals surface area contributed by atoms with E-state index in [1.165, 1.54) is 0 Å². The summed E-state index contributed by atoms with van der Waals surface area (Å²) in [7, 11) is -3.12. The lowest BCUT2D eigenvalue weighted by Gasteiger charge is -2.21. The molecule has 0 saturated carbocycles. The van der Waals surface area contributed by atoms with E-state index in [0.29, 0.717) is 21.3 Å². The molecule has 1 atom stereocenters. The topological polar surface area (TPSA) is 47.2 Å². The van der Waals surface area contributed by atoms with Gasteiger partial charge in [0.1, 0.15) is 21.2 Å². The second kappa shape index (κ2) is 12.3. The lowest BCUT2D eigenvalue weighted by Crippen LogP contribution is -2.08. The summed E-state index contributed by atoms with van der Waals surface area (Å²) in [6.07, 6.45) is 0. The first-order valence-corrected chi connectivity index (χ1v) is 18.1. The Morgan fingerprint density at radius 2 is 0.940 bits per heavy atom. The first-order valence-electron chi connectivity index (χ1n) is 16.6. The largest absolute Gasteiger partial charge is 0.276 e. The van der Waals surface area contributed by atoms with Crippen LogP contribution in [0.15, 0.2) is 202 Å². The summed E-state index contributed by atoms with van der Waals surface area (Å²) in [5.74, 6) is 1.31. The molecule has 238 valence electrons. The number of aromatic nitrogens is 2. The molecule has 4 nitrogen and oxygen atoms in total. The second-order valence-electron chi connectivity index (χ2n) is 12.3. The van der Waals surface area contributed by atoms with Crippen LogP contribution in [0.1, 0.15) is 0 Å². The van der Waals surface area contributed by atoms with Gasteiger partial charge < -0.3 is 0 Å². The van der Waals surface area contributed by atoms with Crippen molar-refractivity contribution in [3.63, 3.8) is 0 Å². The highest BCUT2D eigenvalue weighted by molar-refractivity contribution is 7.94. The maximum atomic E-state index is 15.6. The van der Waals surface area contributed by atoms with Crippen LogP contribution in [-0.4, -0.2) is 13.8 Å². The zero-order valence-corrected chi connectivity index (χ0v) is 27.9. The van der Waals surface area contributed by atoms with Crippen LogP contribution >= 0.6 is 0 Å². The van der Waals surface area contributed by atoms with Crippen molar-refractivity contribution in [2.45, 2.75) is 9.79 Å². The number of rotatable bonds is 6. The molecule has 9 rings (SSSR count). The maximum absolute atomic E-state index is 15.6. The normalized spacial score (nSPS) is 14.7. The van der Waals surface area contributed by atoms with E-state index in [9.17, 15) is 0 Å². The number of imidazole rings is 1. The maximum Gasteiger partial charge on any atom is 0.176 e. The molecule has 0 aliphatic carbocycles. The Labute approximate surface area is 292 Å². The molecule has 0 spiro atoms. The fraction of sp³-hybridized carbons (Fsp3) is 0. The van der Waals surface area contributed by atoms with Crippen molar-refractivity contribution in [1.29, 1.82) is 0 Å². The van der Waals surface area contributed by atoms with Crippen LogP contribution in [0.4, 0.5) is 5.82 Å². The molecule has 5 heteroatoms. The lowest BCUT2D eigenvalue weighted by atomic mass is 10.0. The van der Waals surface area contributed by atoms with Crippen LogP contribution in [0.2, 0.25) is 0 Å². The SMILES string of the molecule is O=S1(c2cccc(-c3ccccc3)c2)=Nc2c(nc(-c3cccc(-c4ccccc4)c3)n2-c2cccc(-c3ccccc3)c2)-c2ccccc21. The van der Waals surface area contributed by atoms with E-state index in [0.717, 1.165) is 56.0 Å². The molecule has 50 heavy (non-hydrogen) atoms. The van der Waals surface area contributed by atoms with E-state index in [1.807, 2.05) is 84.9 Å². The third kappa shape index (κ3) is 5.16. The van der Waals surface area contributed by atoms with Gasteiger partial charge in [-0.05, 0) is 69.8 Å². The molecule has 0 amide bonds. The van der Waals surface area contributed by atoms with Crippen molar-refractivity contribution in [3.05, 3.63) is 188 Å². The van der Waals surface area contributed by atoms with Gasteiger partial charge in [-0.1, -0.05) is 152 Å². The van der Waals surface area contributed by atoms with Gasteiger partial charge in [0, 0.05) is 16.8 Å². The van der Waals surface area contributed by atoms with Crippen LogP contribution in [0.25, 0.3) is 61.7 Å². The molecule has 1 aliphatic heterocycles. The minimum Gasteiger partial charge on any atom is -0.276 e. The molecule has 1 unspecified atom stereocenters.